The van der Waals surface area contributed by atoms with E-state index in [-0.39, 0.29) is 11.8 Å². The Morgan fingerprint density at radius 2 is 1.88 bits per heavy atom. The van der Waals surface area contributed by atoms with Crippen LogP contribution in [0.1, 0.15) is 23.2 Å². The second kappa shape index (κ2) is 8.59. The molecule has 164 valence electrons. The molecule has 3 aromatic rings. The number of fused-ring (bicyclic) bond motifs is 1. The minimum absolute atomic E-state index is 0.0536. The number of hydrogen-bond donors (Lipinski definition) is 2. The van der Waals surface area contributed by atoms with Gasteiger partial charge in [0, 0.05) is 37.9 Å². The highest BCUT2D eigenvalue weighted by Gasteiger charge is 2.50. The lowest BCUT2D eigenvalue weighted by atomic mass is 9.85. The van der Waals surface area contributed by atoms with Crippen LogP contribution in [0.25, 0.3) is 10.8 Å². The van der Waals surface area contributed by atoms with Crippen LogP contribution < -0.4 is 15.5 Å². The highest BCUT2D eigenvalue weighted by Crippen LogP contribution is 2.35. The lowest BCUT2D eigenvalue weighted by Crippen LogP contribution is -2.57. The van der Waals surface area contributed by atoms with Crippen molar-refractivity contribution in [2.45, 2.75) is 18.4 Å². The fraction of sp³-hybridized carbons (Fsp3) is 0.320. The summed E-state index contributed by atoms with van der Waals surface area (Å²) in [6, 6.07) is 17.7. The Balaban J connectivity index is 1.15. The summed E-state index contributed by atoms with van der Waals surface area (Å²) >= 11 is 0. The van der Waals surface area contributed by atoms with E-state index in [0.717, 1.165) is 48.9 Å². The van der Waals surface area contributed by atoms with E-state index in [9.17, 15) is 9.59 Å². The molecule has 2 N–H and O–H groups in total. The molecule has 2 aromatic carbocycles. The third-order valence-corrected chi connectivity index (χ3v) is 6.70. The molecule has 2 fully saturated rings. The zero-order chi connectivity index (χ0) is 22.0. The van der Waals surface area contributed by atoms with Crippen molar-refractivity contribution in [3.8, 4) is 0 Å². The molecule has 1 aromatic heterocycles. The number of benzene rings is 2. The third kappa shape index (κ3) is 3.80. The van der Waals surface area contributed by atoms with E-state index in [0.29, 0.717) is 18.8 Å². The second-order valence-corrected chi connectivity index (χ2v) is 8.49. The normalized spacial score (nSPS) is 18.1. The first-order valence-corrected chi connectivity index (χ1v) is 11.1. The Labute approximate surface area is 187 Å². The van der Waals surface area contributed by atoms with Gasteiger partial charge in [0.15, 0.2) is 0 Å². The minimum Gasteiger partial charge on any atom is -0.351 e. The first kappa shape index (κ1) is 20.5. The summed E-state index contributed by atoms with van der Waals surface area (Å²) in [6.45, 7) is 3.50. The Morgan fingerprint density at radius 1 is 1.06 bits per heavy atom. The standard InChI is InChI=1S/C25H27N5O2/c31-23(21-8-7-19-4-1-2-5-20(19)16-21)27-12-15-29-13-9-25(10-14-29)24(32)28-18-30(25)22-6-3-11-26-17-22/h1-8,11,16-17H,9-10,12-15,18H2,(H,27,31)(H,28,32). The number of hydrogen-bond acceptors (Lipinski definition) is 5. The van der Waals surface area contributed by atoms with Gasteiger partial charge >= 0.3 is 0 Å². The van der Waals surface area contributed by atoms with Crippen molar-refractivity contribution in [2.75, 3.05) is 37.7 Å². The summed E-state index contributed by atoms with van der Waals surface area (Å²) in [6.07, 6.45) is 5.08. The van der Waals surface area contributed by atoms with E-state index < -0.39 is 5.54 Å². The largest absolute Gasteiger partial charge is 0.351 e. The van der Waals surface area contributed by atoms with Gasteiger partial charge in [0.05, 0.1) is 18.6 Å². The van der Waals surface area contributed by atoms with Gasteiger partial charge in [-0.05, 0) is 47.9 Å². The van der Waals surface area contributed by atoms with Crippen LogP contribution in [0.3, 0.4) is 0 Å². The van der Waals surface area contributed by atoms with E-state index in [4.69, 9.17) is 0 Å². The number of carbonyl (C=O) groups excluding carboxylic acids is 2. The van der Waals surface area contributed by atoms with Crippen molar-refractivity contribution in [1.29, 1.82) is 0 Å². The molecule has 0 atom stereocenters. The summed E-state index contributed by atoms with van der Waals surface area (Å²) in [4.78, 5) is 34.0. The summed E-state index contributed by atoms with van der Waals surface area (Å²) < 4.78 is 0. The fourth-order valence-electron chi connectivity index (χ4n) is 4.84. The lowest BCUT2D eigenvalue weighted by molar-refractivity contribution is -0.125. The summed E-state index contributed by atoms with van der Waals surface area (Å²) in [7, 11) is 0. The molecule has 0 bridgehead atoms. The summed E-state index contributed by atoms with van der Waals surface area (Å²) in [5, 5.41) is 8.24. The van der Waals surface area contributed by atoms with E-state index in [1.807, 2.05) is 60.8 Å². The van der Waals surface area contributed by atoms with Crippen LogP contribution in [0.4, 0.5) is 5.69 Å². The molecule has 0 saturated carbocycles. The molecule has 0 aliphatic carbocycles. The van der Waals surface area contributed by atoms with Crippen LogP contribution in [0, 0.1) is 0 Å². The molecular formula is C25H27N5O2. The van der Waals surface area contributed by atoms with Gasteiger partial charge in [0.1, 0.15) is 5.54 Å². The maximum Gasteiger partial charge on any atom is 0.251 e. The van der Waals surface area contributed by atoms with Gasteiger partial charge in [0.25, 0.3) is 5.91 Å². The highest BCUT2D eigenvalue weighted by atomic mass is 16.2. The van der Waals surface area contributed by atoms with E-state index in [2.05, 4.69) is 25.4 Å². The molecule has 0 radical (unpaired) electrons. The Kier molecular flexibility index (Phi) is 5.49. The summed E-state index contributed by atoms with van der Waals surface area (Å²) in [5.74, 6) is 0.0489. The number of nitrogens with one attached hydrogen (secondary N) is 2. The average molecular weight is 430 g/mol. The Bertz CT molecular complexity index is 1130. The smallest absolute Gasteiger partial charge is 0.251 e. The van der Waals surface area contributed by atoms with Crippen molar-refractivity contribution in [2.24, 2.45) is 0 Å². The molecule has 32 heavy (non-hydrogen) atoms. The number of pyridine rings is 1. The predicted molar refractivity (Wildman–Crippen MR) is 124 cm³/mol. The van der Waals surface area contributed by atoms with Crippen LogP contribution >= 0.6 is 0 Å². The van der Waals surface area contributed by atoms with E-state index >= 15 is 0 Å². The molecule has 5 rings (SSSR count). The number of likely N-dealkylation sites (tertiary alicyclic amines) is 1. The Hall–Kier alpha value is -3.45. The van der Waals surface area contributed by atoms with Crippen LogP contribution in [-0.2, 0) is 4.79 Å². The van der Waals surface area contributed by atoms with E-state index in [1.165, 1.54) is 0 Å². The van der Waals surface area contributed by atoms with Crippen molar-refractivity contribution >= 4 is 28.3 Å². The molecular weight excluding hydrogens is 402 g/mol. The molecule has 2 saturated heterocycles. The molecule has 3 heterocycles. The first-order valence-electron chi connectivity index (χ1n) is 11.1. The van der Waals surface area contributed by atoms with Crippen molar-refractivity contribution in [1.82, 2.24) is 20.5 Å². The lowest BCUT2D eigenvalue weighted by Gasteiger charge is -2.43. The van der Waals surface area contributed by atoms with Crippen LogP contribution in [0.5, 0.6) is 0 Å². The van der Waals surface area contributed by atoms with Crippen LogP contribution in [-0.4, -0.2) is 60.1 Å². The molecule has 2 aliphatic rings. The predicted octanol–water partition coefficient (Wildman–Crippen LogP) is 2.39. The topological polar surface area (TPSA) is 77.6 Å². The maximum atomic E-state index is 12.7. The summed E-state index contributed by atoms with van der Waals surface area (Å²) in [5.41, 5.74) is 1.14. The molecule has 0 unspecified atom stereocenters. The second-order valence-electron chi connectivity index (χ2n) is 8.49. The number of rotatable bonds is 5. The SMILES string of the molecule is O=C(NCCN1CCC2(CC1)C(=O)NCN2c1cccnc1)c1ccc2ccccc2c1. The monoisotopic (exact) mass is 429 g/mol. The number of amides is 2. The molecule has 2 aliphatic heterocycles. The molecule has 2 amide bonds. The number of piperidine rings is 1. The number of nitrogens with zero attached hydrogens (tertiary/aromatic N) is 3. The van der Waals surface area contributed by atoms with Gasteiger partial charge in [-0.3, -0.25) is 14.6 Å². The molecule has 7 nitrogen and oxygen atoms in total. The zero-order valence-electron chi connectivity index (χ0n) is 18.0. The minimum atomic E-state index is -0.506. The highest BCUT2D eigenvalue weighted by molar-refractivity contribution is 5.98. The average Bonchev–Trinajstić information content (AvgIpc) is 3.16. The fourth-order valence-corrected chi connectivity index (χ4v) is 4.84. The van der Waals surface area contributed by atoms with Crippen molar-refractivity contribution in [3.63, 3.8) is 0 Å². The van der Waals surface area contributed by atoms with Gasteiger partial charge in [-0.1, -0.05) is 30.3 Å². The Morgan fingerprint density at radius 3 is 2.66 bits per heavy atom. The van der Waals surface area contributed by atoms with Crippen LogP contribution in [0.2, 0.25) is 0 Å². The number of carbonyl (C=O) groups is 2. The van der Waals surface area contributed by atoms with E-state index in [1.54, 1.807) is 6.20 Å². The number of anilines is 1. The quantitative estimate of drug-likeness (QED) is 0.651. The van der Waals surface area contributed by atoms with Gasteiger partial charge < -0.3 is 20.4 Å². The van der Waals surface area contributed by atoms with Crippen molar-refractivity contribution in [3.05, 3.63) is 72.6 Å². The number of aromatic nitrogens is 1. The molecule has 1 spiro atoms. The van der Waals surface area contributed by atoms with Gasteiger partial charge in [-0.2, -0.15) is 0 Å². The maximum absolute atomic E-state index is 12.7. The van der Waals surface area contributed by atoms with Crippen molar-refractivity contribution < 1.29 is 9.59 Å². The van der Waals surface area contributed by atoms with Gasteiger partial charge in [-0.15, -0.1) is 0 Å². The molecule has 7 heteroatoms. The zero-order valence-corrected chi connectivity index (χ0v) is 18.0. The third-order valence-electron chi connectivity index (χ3n) is 6.70. The van der Waals surface area contributed by atoms with Crippen LogP contribution in [0.15, 0.2) is 67.0 Å². The van der Waals surface area contributed by atoms with Gasteiger partial charge in [-0.25, -0.2) is 0 Å². The van der Waals surface area contributed by atoms with Gasteiger partial charge in [0.2, 0.25) is 5.91 Å². The first-order chi connectivity index (χ1) is 15.7.